The van der Waals surface area contributed by atoms with Crippen LogP contribution in [0.15, 0.2) is 30.3 Å². The van der Waals surface area contributed by atoms with Crippen LogP contribution in [0.4, 0.5) is 10.5 Å². The van der Waals surface area contributed by atoms with Crippen LogP contribution in [0.3, 0.4) is 0 Å². The smallest absolute Gasteiger partial charge is 0.405 e. The molecule has 0 aliphatic rings. The number of anilines is 1. The van der Waals surface area contributed by atoms with Gasteiger partial charge in [0, 0.05) is 5.69 Å². The number of amides is 2. The summed E-state index contributed by atoms with van der Waals surface area (Å²) in [5.74, 6) is -0.380. The summed E-state index contributed by atoms with van der Waals surface area (Å²) in [5, 5.41) is 2.70. The number of carbonyl (C=O) groups excluding carboxylic acids is 2. The number of benzene rings is 1. The van der Waals surface area contributed by atoms with Crippen LogP contribution >= 0.6 is 0 Å². The van der Waals surface area contributed by atoms with Gasteiger partial charge in [-0.1, -0.05) is 31.5 Å². The quantitative estimate of drug-likeness (QED) is 0.841. The molecule has 0 aliphatic carbocycles. The monoisotopic (exact) mass is 250 g/mol. The van der Waals surface area contributed by atoms with Crippen LogP contribution in [0.2, 0.25) is 0 Å². The van der Waals surface area contributed by atoms with Gasteiger partial charge in [-0.05, 0) is 25.5 Å². The molecule has 0 fully saturated rings. The van der Waals surface area contributed by atoms with Crippen LogP contribution in [0, 0.1) is 0 Å². The van der Waals surface area contributed by atoms with Gasteiger partial charge in [0.1, 0.15) is 0 Å². The molecule has 0 aliphatic heterocycles. The molecule has 1 rings (SSSR count). The zero-order chi connectivity index (χ0) is 13.6. The highest BCUT2D eigenvalue weighted by Crippen LogP contribution is 2.20. The Morgan fingerprint density at radius 2 is 1.94 bits per heavy atom. The second kappa shape index (κ2) is 6.05. The van der Waals surface area contributed by atoms with Gasteiger partial charge in [0.25, 0.3) is 5.91 Å². The van der Waals surface area contributed by atoms with Gasteiger partial charge in [-0.15, -0.1) is 0 Å². The number of hydrogen-bond donors (Lipinski definition) is 2. The molecule has 98 valence electrons. The van der Waals surface area contributed by atoms with Crippen molar-refractivity contribution in [1.29, 1.82) is 0 Å². The van der Waals surface area contributed by atoms with E-state index in [2.05, 4.69) is 5.32 Å². The molecule has 0 saturated carbocycles. The molecule has 5 nitrogen and oxygen atoms in total. The summed E-state index contributed by atoms with van der Waals surface area (Å²) in [5.41, 5.74) is 4.41. The van der Waals surface area contributed by atoms with Gasteiger partial charge in [-0.25, -0.2) is 4.79 Å². The fraction of sp³-hybridized carbons (Fsp3) is 0.385. The summed E-state index contributed by atoms with van der Waals surface area (Å²) < 4.78 is 4.94. The predicted octanol–water partition coefficient (Wildman–Crippen LogP) is 2.28. The topological polar surface area (TPSA) is 81.4 Å². The first-order valence-corrected chi connectivity index (χ1v) is 5.83. The van der Waals surface area contributed by atoms with E-state index in [-0.39, 0.29) is 5.91 Å². The lowest BCUT2D eigenvalue weighted by Crippen LogP contribution is -2.45. The van der Waals surface area contributed by atoms with Crippen LogP contribution in [0.5, 0.6) is 0 Å². The van der Waals surface area contributed by atoms with Crippen LogP contribution in [0.1, 0.15) is 26.7 Å². The molecule has 1 aromatic rings. The highest BCUT2D eigenvalue weighted by atomic mass is 16.6. The van der Waals surface area contributed by atoms with Crippen molar-refractivity contribution >= 4 is 17.7 Å². The fourth-order valence-corrected chi connectivity index (χ4v) is 1.69. The molecule has 0 aromatic heterocycles. The van der Waals surface area contributed by atoms with E-state index in [9.17, 15) is 9.59 Å². The first kappa shape index (κ1) is 14.0. The van der Waals surface area contributed by atoms with Crippen LogP contribution in [-0.2, 0) is 9.53 Å². The van der Waals surface area contributed by atoms with Crippen LogP contribution in [0.25, 0.3) is 0 Å². The first-order chi connectivity index (χ1) is 8.48. The minimum absolute atomic E-state index is 0.380. The summed E-state index contributed by atoms with van der Waals surface area (Å²) in [6.07, 6.45) is 0.162. The normalized spacial score (nSPS) is 13.4. The van der Waals surface area contributed by atoms with Gasteiger partial charge in [0.05, 0.1) is 0 Å². The summed E-state index contributed by atoms with van der Waals surface area (Å²) in [6, 6.07) is 8.98. The lowest BCUT2D eigenvalue weighted by atomic mass is 9.99. The number of rotatable bonds is 5. The van der Waals surface area contributed by atoms with E-state index in [0.29, 0.717) is 18.5 Å². The standard InChI is InChI=1S/C13H18N2O3/c1-3-9-13(2,18-12(14)17)11(16)15-10-7-5-4-6-8-10/h4-8H,3,9H2,1-2H3,(H2,14,17)(H,15,16). The molecule has 1 aromatic carbocycles. The molecular formula is C13H18N2O3. The van der Waals surface area contributed by atoms with Gasteiger partial charge in [-0.2, -0.15) is 0 Å². The second-order valence-corrected chi connectivity index (χ2v) is 4.22. The average Bonchev–Trinajstić information content (AvgIpc) is 2.29. The van der Waals surface area contributed by atoms with Gasteiger partial charge in [-0.3, -0.25) is 4.79 Å². The number of nitrogens with two attached hydrogens (primary N) is 1. The molecular weight excluding hydrogens is 232 g/mol. The van der Waals surface area contributed by atoms with Crippen molar-refractivity contribution < 1.29 is 14.3 Å². The van der Waals surface area contributed by atoms with Crippen molar-refractivity contribution in [3.8, 4) is 0 Å². The minimum Gasteiger partial charge on any atom is -0.433 e. The van der Waals surface area contributed by atoms with E-state index in [1.54, 1.807) is 19.1 Å². The summed E-state index contributed by atoms with van der Waals surface area (Å²) in [4.78, 5) is 23.0. The van der Waals surface area contributed by atoms with Crippen molar-refractivity contribution in [3.63, 3.8) is 0 Å². The zero-order valence-electron chi connectivity index (χ0n) is 10.6. The lowest BCUT2D eigenvalue weighted by molar-refractivity contribution is -0.133. The van der Waals surface area contributed by atoms with E-state index in [0.717, 1.165) is 0 Å². The Labute approximate surface area is 106 Å². The number of hydrogen-bond acceptors (Lipinski definition) is 3. The third kappa shape index (κ3) is 3.76. The predicted molar refractivity (Wildman–Crippen MR) is 69.1 cm³/mol. The second-order valence-electron chi connectivity index (χ2n) is 4.22. The van der Waals surface area contributed by atoms with Gasteiger partial charge in [0.15, 0.2) is 5.60 Å². The Morgan fingerprint density at radius 3 is 2.44 bits per heavy atom. The van der Waals surface area contributed by atoms with Crippen LogP contribution in [-0.4, -0.2) is 17.6 Å². The van der Waals surface area contributed by atoms with Crippen molar-refractivity contribution in [3.05, 3.63) is 30.3 Å². The Hall–Kier alpha value is -2.04. The Kier molecular flexibility index (Phi) is 4.71. The maximum atomic E-state index is 12.1. The molecule has 2 amide bonds. The first-order valence-electron chi connectivity index (χ1n) is 5.83. The summed E-state index contributed by atoms with van der Waals surface area (Å²) in [6.45, 7) is 3.46. The maximum absolute atomic E-state index is 12.1. The maximum Gasteiger partial charge on any atom is 0.405 e. The van der Waals surface area contributed by atoms with Crippen molar-refractivity contribution in [1.82, 2.24) is 0 Å². The Morgan fingerprint density at radius 1 is 1.33 bits per heavy atom. The highest BCUT2D eigenvalue weighted by molar-refractivity contribution is 5.98. The highest BCUT2D eigenvalue weighted by Gasteiger charge is 2.36. The Bertz CT molecular complexity index is 420. The molecule has 5 heteroatoms. The average molecular weight is 250 g/mol. The van der Waals surface area contributed by atoms with Crippen molar-refractivity contribution in [2.45, 2.75) is 32.3 Å². The van der Waals surface area contributed by atoms with Gasteiger partial charge >= 0.3 is 6.09 Å². The largest absolute Gasteiger partial charge is 0.433 e. The fourth-order valence-electron chi connectivity index (χ4n) is 1.69. The van der Waals surface area contributed by atoms with Crippen LogP contribution < -0.4 is 11.1 Å². The third-order valence-electron chi connectivity index (χ3n) is 2.56. The van der Waals surface area contributed by atoms with E-state index >= 15 is 0 Å². The van der Waals surface area contributed by atoms with E-state index < -0.39 is 11.7 Å². The van der Waals surface area contributed by atoms with Gasteiger partial charge in [0.2, 0.25) is 0 Å². The van der Waals surface area contributed by atoms with E-state index in [1.165, 1.54) is 0 Å². The molecule has 1 atom stereocenters. The molecule has 0 spiro atoms. The number of carbonyl (C=O) groups is 2. The number of nitrogens with one attached hydrogen (secondary N) is 1. The molecule has 18 heavy (non-hydrogen) atoms. The van der Waals surface area contributed by atoms with E-state index in [4.69, 9.17) is 10.5 Å². The Balaban J connectivity index is 2.80. The van der Waals surface area contributed by atoms with Crippen molar-refractivity contribution in [2.75, 3.05) is 5.32 Å². The number of primary amides is 1. The lowest BCUT2D eigenvalue weighted by Gasteiger charge is -2.27. The summed E-state index contributed by atoms with van der Waals surface area (Å²) in [7, 11) is 0. The van der Waals surface area contributed by atoms with Gasteiger partial charge < -0.3 is 15.8 Å². The molecule has 0 bridgehead atoms. The number of ether oxygens (including phenoxy) is 1. The van der Waals surface area contributed by atoms with Crippen molar-refractivity contribution in [2.24, 2.45) is 5.73 Å². The molecule has 3 N–H and O–H groups in total. The van der Waals surface area contributed by atoms with E-state index in [1.807, 2.05) is 25.1 Å². The molecule has 1 unspecified atom stereocenters. The number of para-hydroxylation sites is 1. The zero-order valence-corrected chi connectivity index (χ0v) is 10.6. The summed E-state index contributed by atoms with van der Waals surface area (Å²) >= 11 is 0. The third-order valence-corrected chi connectivity index (χ3v) is 2.56. The minimum atomic E-state index is -1.24. The molecule has 0 heterocycles. The molecule has 0 saturated heterocycles. The molecule has 0 radical (unpaired) electrons. The SMILES string of the molecule is CCCC(C)(OC(N)=O)C(=O)Nc1ccccc1.